The van der Waals surface area contributed by atoms with E-state index in [1.54, 1.807) is 6.92 Å². The average molecular weight is 246 g/mol. The molecule has 1 aromatic rings. The van der Waals surface area contributed by atoms with Crippen molar-refractivity contribution in [1.29, 1.82) is 0 Å². The molecule has 94 valence electrons. The van der Waals surface area contributed by atoms with Crippen LogP contribution in [0.25, 0.3) is 0 Å². The lowest BCUT2D eigenvalue weighted by molar-refractivity contribution is -0.137. The summed E-state index contributed by atoms with van der Waals surface area (Å²) < 4.78 is 42.1. The van der Waals surface area contributed by atoms with Gasteiger partial charge < -0.3 is 4.74 Å². The molecule has 0 saturated heterocycles. The topological polar surface area (TPSA) is 26.3 Å². The molecule has 1 aromatic carbocycles. The Bertz CT molecular complexity index is 424. The largest absolute Gasteiger partial charge is 0.416 e. The minimum atomic E-state index is -4.39. The van der Waals surface area contributed by atoms with Crippen LogP contribution in [-0.2, 0) is 10.9 Å². The van der Waals surface area contributed by atoms with Crippen molar-refractivity contribution < 1.29 is 22.7 Å². The molecule has 0 radical (unpaired) electrons. The molecule has 1 unspecified atom stereocenters. The van der Waals surface area contributed by atoms with Gasteiger partial charge >= 0.3 is 6.18 Å². The number of methoxy groups -OCH3 is 1. The Morgan fingerprint density at radius 1 is 1.35 bits per heavy atom. The number of hydrogen-bond donors (Lipinski definition) is 0. The molecule has 0 aromatic heterocycles. The predicted molar refractivity (Wildman–Crippen MR) is 57.0 cm³/mol. The first-order valence-corrected chi connectivity index (χ1v) is 5.02. The zero-order chi connectivity index (χ0) is 13.2. The lowest BCUT2D eigenvalue weighted by Crippen LogP contribution is -2.20. The van der Waals surface area contributed by atoms with Crippen LogP contribution in [0.2, 0.25) is 0 Å². The maximum absolute atomic E-state index is 12.4. The Labute approximate surface area is 97.4 Å². The summed E-state index contributed by atoms with van der Waals surface area (Å²) >= 11 is 0. The third-order valence-electron chi connectivity index (χ3n) is 2.54. The summed E-state index contributed by atoms with van der Waals surface area (Å²) in [5.74, 6) is -0.321. The van der Waals surface area contributed by atoms with Crippen molar-refractivity contribution in [2.75, 3.05) is 7.11 Å². The Balaban J connectivity index is 3.11. The normalized spacial score (nSPS) is 13.5. The summed E-state index contributed by atoms with van der Waals surface area (Å²) in [6, 6.07) is 3.06. The van der Waals surface area contributed by atoms with Gasteiger partial charge in [-0.15, -0.1) is 0 Å². The lowest BCUT2D eigenvalue weighted by atomic mass is 9.99. The molecular weight excluding hydrogens is 233 g/mol. The van der Waals surface area contributed by atoms with Crippen LogP contribution in [0.3, 0.4) is 0 Å². The fourth-order valence-electron chi connectivity index (χ4n) is 1.44. The molecular formula is C12H13F3O2. The number of alkyl halides is 3. The number of carbonyl (C=O) groups excluding carboxylic acids is 1. The van der Waals surface area contributed by atoms with Crippen molar-refractivity contribution in [3.05, 3.63) is 34.9 Å². The van der Waals surface area contributed by atoms with Gasteiger partial charge in [-0.05, 0) is 31.5 Å². The van der Waals surface area contributed by atoms with Crippen molar-refractivity contribution in [2.45, 2.75) is 26.1 Å². The smallest absolute Gasteiger partial charge is 0.374 e. The van der Waals surface area contributed by atoms with E-state index in [9.17, 15) is 18.0 Å². The van der Waals surface area contributed by atoms with E-state index in [1.807, 2.05) is 0 Å². The van der Waals surface area contributed by atoms with E-state index < -0.39 is 17.8 Å². The van der Waals surface area contributed by atoms with E-state index in [1.165, 1.54) is 20.1 Å². The Hall–Kier alpha value is -1.36. The van der Waals surface area contributed by atoms with Crippen molar-refractivity contribution in [3.63, 3.8) is 0 Å². The summed E-state index contributed by atoms with van der Waals surface area (Å²) in [5.41, 5.74) is -0.197. The monoisotopic (exact) mass is 246 g/mol. The Morgan fingerprint density at radius 2 is 1.94 bits per heavy atom. The van der Waals surface area contributed by atoms with Crippen molar-refractivity contribution in [2.24, 2.45) is 0 Å². The maximum Gasteiger partial charge on any atom is 0.416 e. The zero-order valence-corrected chi connectivity index (χ0v) is 9.76. The van der Waals surface area contributed by atoms with Gasteiger partial charge in [0, 0.05) is 12.7 Å². The quantitative estimate of drug-likeness (QED) is 0.765. The summed E-state index contributed by atoms with van der Waals surface area (Å²) in [6.45, 7) is 3.03. The first-order valence-electron chi connectivity index (χ1n) is 5.02. The number of Topliss-reactive ketones (excluding diaryl/α,β-unsaturated/α-hetero) is 1. The number of ether oxygens (including phenoxy) is 1. The van der Waals surface area contributed by atoms with E-state index in [0.29, 0.717) is 5.56 Å². The minimum Gasteiger partial charge on any atom is -0.374 e. The number of hydrogen-bond acceptors (Lipinski definition) is 2. The van der Waals surface area contributed by atoms with E-state index in [4.69, 9.17) is 4.74 Å². The van der Waals surface area contributed by atoms with E-state index in [-0.39, 0.29) is 11.3 Å². The Morgan fingerprint density at radius 3 is 2.35 bits per heavy atom. The van der Waals surface area contributed by atoms with Gasteiger partial charge in [0.2, 0.25) is 0 Å². The molecule has 2 nitrogen and oxygen atoms in total. The highest BCUT2D eigenvalue weighted by atomic mass is 19.4. The number of benzene rings is 1. The van der Waals surface area contributed by atoms with Crippen LogP contribution in [0, 0.1) is 6.92 Å². The van der Waals surface area contributed by atoms with Crippen LogP contribution < -0.4 is 0 Å². The second-order valence-corrected chi connectivity index (χ2v) is 3.77. The van der Waals surface area contributed by atoms with Crippen LogP contribution in [0.4, 0.5) is 13.2 Å². The number of rotatable bonds is 3. The van der Waals surface area contributed by atoms with E-state index >= 15 is 0 Å². The highest BCUT2D eigenvalue weighted by Crippen LogP contribution is 2.30. The molecule has 0 bridgehead atoms. The number of carbonyl (C=O) groups is 1. The Kier molecular flexibility index (Phi) is 3.93. The van der Waals surface area contributed by atoms with E-state index in [2.05, 4.69) is 0 Å². The second kappa shape index (κ2) is 4.87. The third kappa shape index (κ3) is 3.06. The molecule has 0 amide bonds. The summed E-state index contributed by atoms with van der Waals surface area (Å²) in [7, 11) is 1.38. The van der Waals surface area contributed by atoms with Gasteiger partial charge in [0.15, 0.2) is 5.78 Å². The third-order valence-corrected chi connectivity index (χ3v) is 2.54. The molecule has 0 spiro atoms. The summed E-state index contributed by atoms with van der Waals surface area (Å²) in [5, 5.41) is 0. The van der Waals surface area contributed by atoms with Gasteiger partial charge in [-0.2, -0.15) is 13.2 Å². The molecule has 0 heterocycles. The summed E-state index contributed by atoms with van der Waals surface area (Å²) in [4.78, 5) is 11.8. The van der Waals surface area contributed by atoms with E-state index in [0.717, 1.165) is 12.1 Å². The standard InChI is InChI=1S/C12H13F3O2/c1-7-6-9(12(13,14)15)4-5-10(7)11(16)8(2)17-3/h4-6,8H,1-3H3. The molecule has 0 aliphatic carbocycles. The van der Waals surface area contributed by atoms with Gasteiger partial charge in [-0.25, -0.2) is 0 Å². The van der Waals surface area contributed by atoms with Gasteiger partial charge in [0.25, 0.3) is 0 Å². The first kappa shape index (κ1) is 13.7. The van der Waals surface area contributed by atoms with Crippen LogP contribution in [0.5, 0.6) is 0 Å². The van der Waals surface area contributed by atoms with Crippen LogP contribution in [0.15, 0.2) is 18.2 Å². The molecule has 0 aliphatic heterocycles. The van der Waals surface area contributed by atoms with Crippen molar-refractivity contribution in [1.82, 2.24) is 0 Å². The fraction of sp³-hybridized carbons (Fsp3) is 0.417. The van der Waals surface area contributed by atoms with Gasteiger partial charge in [0.05, 0.1) is 5.56 Å². The van der Waals surface area contributed by atoms with Gasteiger partial charge in [0.1, 0.15) is 6.10 Å². The maximum atomic E-state index is 12.4. The van der Waals surface area contributed by atoms with Gasteiger partial charge in [-0.3, -0.25) is 4.79 Å². The molecule has 0 saturated carbocycles. The van der Waals surface area contributed by atoms with Crippen LogP contribution >= 0.6 is 0 Å². The molecule has 0 N–H and O–H groups in total. The average Bonchev–Trinajstić information content (AvgIpc) is 2.25. The molecule has 1 rings (SSSR count). The number of aryl methyl sites for hydroxylation is 1. The van der Waals surface area contributed by atoms with Crippen molar-refractivity contribution in [3.8, 4) is 0 Å². The molecule has 0 aliphatic rings. The van der Waals surface area contributed by atoms with Crippen molar-refractivity contribution >= 4 is 5.78 Å². The van der Waals surface area contributed by atoms with Crippen LogP contribution in [-0.4, -0.2) is 19.0 Å². The minimum absolute atomic E-state index is 0.257. The SMILES string of the molecule is COC(C)C(=O)c1ccc(C(F)(F)F)cc1C. The molecule has 0 fully saturated rings. The first-order chi connectivity index (χ1) is 7.77. The second-order valence-electron chi connectivity index (χ2n) is 3.77. The zero-order valence-electron chi connectivity index (χ0n) is 9.76. The highest BCUT2D eigenvalue weighted by molar-refractivity contribution is 6.00. The molecule has 17 heavy (non-hydrogen) atoms. The number of ketones is 1. The fourth-order valence-corrected chi connectivity index (χ4v) is 1.44. The predicted octanol–water partition coefficient (Wildman–Crippen LogP) is 3.23. The molecule has 5 heteroatoms. The number of halogens is 3. The lowest BCUT2D eigenvalue weighted by Gasteiger charge is -2.13. The van der Waals surface area contributed by atoms with Gasteiger partial charge in [-0.1, -0.05) is 6.07 Å². The van der Waals surface area contributed by atoms with Crippen LogP contribution in [0.1, 0.15) is 28.4 Å². The highest BCUT2D eigenvalue weighted by Gasteiger charge is 2.31. The molecule has 1 atom stereocenters. The summed E-state index contributed by atoms with van der Waals surface area (Å²) in [6.07, 6.45) is -5.05.